The van der Waals surface area contributed by atoms with Crippen molar-refractivity contribution in [1.82, 2.24) is 0 Å². The van der Waals surface area contributed by atoms with E-state index in [1.807, 2.05) is 0 Å². The number of unbranched alkanes of at least 4 members (excludes halogenated alkanes) is 2. The third-order valence-corrected chi connectivity index (χ3v) is 7.45. The van der Waals surface area contributed by atoms with Crippen LogP contribution in [0, 0.1) is 17.5 Å². The second kappa shape index (κ2) is 14.9. The molecule has 1 aliphatic rings. The summed E-state index contributed by atoms with van der Waals surface area (Å²) in [7, 11) is 0. The Morgan fingerprint density at radius 1 is 0.850 bits per heavy atom. The fraction of sp³-hybridized carbons (Fsp3) is 0.412. The molecule has 0 atom stereocenters. The van der Waals surface area contributed by atoms with E-state index in [0.717, 1.165) is 58.0 Å². The molecule has 4 rings (SSSR count). The number of allylic oxidation sites excluding steroid dienone is 1. The fourth-order valence-corrected chi connectivity index (χ4v) is 5.10. The zero-order valence-corrected chi connectivity index (χ0v) is 23.3. The van der Waals surface area contributed by atoms with E-state index in [-0.39, 0.29) is 29.9 Å². The molecule has 0 N–H and O–H groups in total. The molecule has 0 heterocycles. The van der Waals surface area contributed by atoms with E-state index in [1.54, 1.807) is 54.6 Å². The molecule has 3 aromatic carbocycles. The Labute approximate surface area is 236 Å². The van der Waals surface area contributed by atoms with Crippen molar-refractivity contribution in [3.8, 4) is 22.6 Å². The van der Waals surface area contributed by atoms with Crippen molar-refractivity contribution in [3.05, 3.63) is 95.8 Å². The Kier molecular flexibility index (Phi) is 11.1. The second-order valence-corrected chi connectivity index (χ2v) is 10.4. The summed E-state index contributed by atoms with van der Waals surface area (Å²) in [6.07, 6.45) is 9.12. The first-order valence-electron chi connectivity index (χ1n) is 14.3. The molecule has 3 aromatic rings. The van der Waals surface area contributed by atoms with E-state index in [9.17, 15) is 4.39 Å². The lowest BCUT2D eigenvalue weighted by Crippen LogP contribution is -2.22. The van der Waals surface area contributed by atoms with Crippen molar-refractivity contribution >= 4 is 0 Å². The molecule has 0 amide bonds. The van der Waals surface area contributed by atoms with Gasteiger partial charge in [0.05, 0.1) is 12.7 Å². The van der Waals surface area contributed by atoms with Crippen molar-refractivity contribution in [3.63, 3.8) is 0 Å². The van der Waals surface area contributed by atoms with Gasteiger partial charge in [0.25, 0.3) is 0 Å². The Bertz CT molecular complexity index is 1230. The van der Waals surface area contributed by atoms with Gasteiger partial charge in [-0.1, -0.05) is 49.8 Å². The summed E-state index contributed by atoms with van der Waals surface area (Å²) in [5.74, 6) is -1.26. The van der Waals surface area contributed by atoms with E-state index >= 15 is 8.78 Å². The first-order valence-corrected chi connectivity index (χ1v) is 14.3. The van der Waals surface area contributed by atoms with Gasteiger partial charge in [-0.05, 0) is 91.8 Å². The molecule has 0 aromatic heterocycles. The van der Waals surface area contributed by atoms with Crippen molar-refractivity contribution in [1.29, 1.82) is 0 Å². The van der Waals surface area contributed by atoms with Gasteiger partial charge in [-0.2, -0.15) is 0 Å². The summed E-state index contributed by atoms with van der Waals surface area (Å²) in [6.45, 7) is 7.15. The average molecular weight is 553 g/mol. The molecule has 0 spiro atoms. The van der Waals surface area contributed by atoms with Crippen LogP contribution in [-0.2, 0) is 11.3 Å². The molecule has 0 bridgehead atoms. The first-order chi connectivity index (χ1) is 19.5. The van der Waals surface area contributed by atoms with Crippen LogP contribution < -0.4 is 9.47 Å². The maximum atomic E-state index is 15.2. The summed E-state index contributed by atoms with van der Waals surface area (Å²) >= 11 is 0. The van der Waals surface area contributed by atoms with Gasteiger partial charge in [0.15, 0.2) is 23.2 Å². The Hall–Kier alpha value is -3.25. The van der Waals surface area contributed by atoms with Crippen LogP contribution >= 0.6 is 0 Å². The SMILES string of the molecule is C=CCCCOc1ccc(COc2ccc(-c3ccc(C4CCC(OCCCC)CC4)c(F)c3F)cc2)cc1F. The predicted octanol–water partition coefficient (Wildman–Crippen LogP) is 9.54. The Morgan fingerprint density at radius 2 is 1.62 bits per heavy atom. The molecular weight excluding hydrogens is 513 g/mol. The van der Waals surface area contributed by atoms with E-state index in [4.69, 9.17) is 14.2 Å². The average Bonchev–Trinajstić information content (AvgIpc) is 2.97. The van der Waals surface area contributed by atoms with Gasteiger partial charge in [0, 0.05) is 12.2 Å². The highest BCUT2D eigenvalue weighted by Gasteiger charge is 2.27. The minimum atomic E-state index is -0.824. The predicted molar refractivity (Wildman–Crippen MR) is 153 cm³/mol. The van der Waals surface area contributed by atoms with Gasteiger partial charge in [-0.3, -0.25) is 0 Å². The molecule has 3 nitrogen and oxygen atoms in total. The van der Waals surface area contributed by atoms with E-state index < -0.39 is 17.5 Å². The second-order valence-electron chi connectivity index (χ2n) is 10.4. The Balaban J connectivity index is 1.32. The molecule has 40 heavy (non-hydrogen) atoms. The van der Waals surface area contributed by atoms with Crippen LogP contribution in [0.1, 0.15) is 75.3 Å². The number of hydrogen-bond acceptors (Lipinski definition) is 3. The van der Waals surface area contributed by atoms with Crippen LogP contribution in [0.15, 0.2) is 67.3 Å². The van der Waals surface area contributed by atoms with Gasteiger partial charge in [-0.25, -0.2) is 13.2 Å². The number of halogens is 3. The standard InChI is InChI=1S/C34H39F3O3/c1-3-5-7-21-39-32-19-8-24(22-31(32)35)23-40-28-15-11-26(12-16-28)30-18-17-29(33(36)34(30)37)25-9-13-27(14-10-25)38-20-6-4-2/h3,8,11-12,15-19,22,25,27H,1,4-7,9-10,13-14,20-21,23H2,2H3. The summed E-state index contributed by atoms with van der Waals surface area (Å²) in [5, 5.41) is 0. The van der Waals surface area contributed by atoms with Gasteiger partial charge in [0.1, 0.15) is 12.4 Å². The monoisotopic (exact) mass is 552 g/mol. The van der Waals surface area contributed by atoms with Gasteiger partial charge in [-0.15, -0.1) is 6.58 Å². The third kappa shape index (κ3) is 7.91. The maximum absolute atomic E-state index is 15.2. The van der Waals surface area contributed by atoms with Crippen molar-refractivity contribution in [2.24, 2.45) is 0 Å². The van der Waals surface area contributed by atoms with Crippen molar-refractivity contribution in [2.45, 2.75) is 76.9 Å². The normalized spacial score (nSPS) is 17.0. The molecule has 6 heteroatoms. The lowest BCUT2D eigenvalue weighted by atomic mass is 9.82. The number of hydrogen-bond donors (Lipinski definition) is 0. The molecule has 1 aliphatic carbocycles. The van der Waals surface area contributed by atoms with Gasteiger partial charge < -0.3 is 14.2 Å². The third-order valence-electron chi connectivity index (χ3n) is 7.45. The van der Waals surface area contributed by atoms with Crippen LogP contribution in [0.25, 0.3) is 11.1 Å². The van der Waals surface area contributed by atoms with Crippen LogP contribution in [0.3, 0.4) is 0 Å². The molecule has 1 fully saturated rings. The minimum Gasteiger partial charge on any atom is -0.491 e. The zero-order valence-electron chi connectivity index (χ0n) is 23.3. The minimum absolute atomic E-state index is 0.00748. The lowest BCUT2D eigenvalue weighted by Gasteiger charge is -2.29. The number of rotatable bonds is 14. The van der Waals surface area contributed by atoms with Crippen LogP contribution in [0.4, 0.5) is 13.2 Å². The topological polar surface area (TPSA) is 27.7 Å². The van der Waals surface area contributed by atoms with Gasteiger partial charge >= 0.3 is 0 Å². The highest BCUT2D eigenvalue weighted by molar-refractivity contribution is 5.65. The smallest absolute Gasteiger partial charge is 0.166 e. The molecule has 1 saturated carbocycles. The van der Waals surface area contributed by atoms with E-state index in [0.29, 0.717) is 29.0 Å². The highest BCUT2D eigenvalue weighted by atomic mass is 19.2. The van der Waals surface area contributed by atoms with Crippen LogP contribution in [0.2, 0.25) is 0 Å². The van der Waals surface area contributed by atoms with Crippen molar-refractivity contribution < 1.29 is 27.4 Å². The molecule has 0 aliphatic heterocycles. The Morgan fingerprint density at radius 3 is 2.33 bits per heavy atom. The van der Waals surface area contributed by atoms with Crippen molar-refractivity contribution in [2.75, 3.05) is 13.2 Å². The summed E-state index contributed by atoms with van der Waals surface area (Å²) in [4.78, 5) is 0. The highest BCUT2D eigenvalue weighted by Crippen LogP contribution is 2.38. The molecule has 0 unspecified atom stereocenters. The summed E-state index contributed by atoms with van der Waals surface area (Å²) in [5.41, 5.74) is 1.89. The largest absolute Gasteiger partial charge is 0.491 e. The number of ether oxygens (including phenoxy) is 3. The molecule has 0 saturated heterocycles. The van der Waals surface area contributed by atoms with E-state index in [2.05, 4.69) is 13.5 Å². The maximum Gasteiger partial charge on any atom is 0.166 e. The molecule has 0 radical (unpaired) electrons. The van der Waals surface area contributed by atoms with Crippen LogP contribution in [0.5, 0.6) is 11.5 Å². The summed E-state index contributed by atoms with van der Waals surface area (Å²) in [6, 6.07) is 14.9. The first kappa shape index (κ1) is 29.7. The lowest BCUT2D eigenvalue weighted by molar-refractivity contribution is 0.0230. The molecule has 214 valence electrons. The molecular formula is C34H39F3O3. The summed E-state index contributed by atoms with van der Waals surface area (Å²) < 4.78 is 61.8. The van der Waals surface area contributed by atoms with Crippen LogP contribution in [-0.4, -0.2) is 19.3 Å². The van der Waals surface area contributed by atoms with E-state index in [1.165, 1.54) is 6.07 Å². The quantitative estimate of drug-likeness (QED) is 0.147. The van der Waals surface area contributed by atoms with Gasteiger partial charge in [0.2, 0.25) is 0 Å². The number of benzene rings is 3. The fourth-order valence-electron chi connectivity index (χ4n) is 5.10. The zero-order chi connectivity index (χ0) is 28.3.